The van der Waals surface area contributed by atoms with E-state index >= 15 is 0 Å². The number of carboxylic acids is 1. The van der Waals surface area contributed by atoms with Crippen LogP contribution in [0.15, 0.2) is 0 Å². The molecule has 0 aromatic carbocycles. The number of urea groups is 1. The molecule has 1 saturated carbocycles. The molecule has 0 aliphatic heterocycles. The van der Waals surface area contributed by atoms with Crippen LogP contribution in [-0.4, -0.2) is 29.7 Å². The molecular weight excluding hydrogens is 244 g/mol. The second kappa shape index (κ2) is 8.02. The van der Waals surface area contributed by atoms with Crippen molar-refractivity contribution in [2.75, 3.05) is 6.54 Å². The highest BCUT2D eigenvalue weighted by molar-refractivity contribution is 5.82. The number of amides is 2. The van der Waals surface area contributed by atoms with Gasteiger partial charge in [0.15, 0.2) is 0 Å². The first-order valence-corrected chi connectivity index (χ1v) is 7.26. The molecule has 1 aliphatic rings. The standard InChI is InChI=1S/C14H26N2O3/c1-10(2)9-12(13(17)18)16-14(19)15-8-7-11-5-3-4-6-11/h10-12H,3-9H2,1-2H3,(H,17,18)(H2,15,16,19)/t12-/m1/s1. The average molecular weight is 270 g/mol. The maximum atomic E-state index is 11.6. The van der Waals surface area contributed by atoms with Crippen molar-refractivity contribution in [1.29, 1.82) is 0 Å². The van der Waals surface area contributed by atoms with E-state index in [1.54, 1.807) is 0 Å². The van der Waals surface area contributed by atoms with E-state index in [1.165, 1.54) is 25.7 Å². The van der Waals surface area contributed by atoms with Gasteiger partial charge >= 0.3 is 12.0 Å². The Morgan fingerprint density at radius 1 is 1.26 bits per heavy atom. The fourth-order valence-corrected chi connectivity index (χ4v) is 2.59. The molecule has 0 aromatic heterocycles. The molecule has 0 saturated heterocycles. The fourth-order valence-electron chi connectivity index (χ4n) is 2.59. The lowest BCUT2D eigenvalue weighted by Gasteiger charge is -2.17. The zero-order valence-electron chi connectivity index (χ0n) is 11.9. The van der Waals surface area contributed by atoms with Crippen molar-refractivity contribution in [2.45, 2.75) is 58.4 Å². The molecule has 0 bridgehead atoms. The first kappa shape index (κ1) is 15.8. The zero-order chi connectivity index (χ0) is 14.3. The molecule has 2 amide bonds. The number of aliphatic carboxylic acids is 1. The molecule has 0 spiro atoms. The molecule has 1 atom stereocenters. The minimum absolute atomic E-state index is 0.236. The van der Waals surface area contributed by atoms with E-state index in [1.807, 2.05) is 13.8 Å². The van der Waals surface area contributed by atoms with Crippen LogP contribution in [0.25, 0.3) is 0 Å². The third kappa shape index (κ3) is 6.45. The third-order valence-electron chi connectivity index (χ3n) is 3.62. The smallest absolute Gasteiger partial charge is 0.326 e. The Labute approximate surface area is 115 Å². The van der Waals surface area contributed by atoms with Crippen LogP contribution in [0.5, 0.6) is 0 Å². The van der Waals surface area contributed by atoms with E-state index in [9.17, 15) is 9.59 Å². The molecule has 0 radical (unpaired) electrons. The number of carboxylic acid groups (broad SMARTS) is 1. The third-order valence-corrected chi connectivity index (χ3v) is 3.62. The Balaban J connectivity index is 2.21. The molecular formula is C14H26N2O3. The predicted octanol–water partition coefficient (Wildman–Crippen LogP) is 2.37. The lowest BCUT2D eigenvalue weighted by atomic mass is 10.0. The summed E-state index contributed by atoms with van der Waals surface area (Å²) in [5.74, 6) is -0.00855. The van der Waals surface area contributed by atoms with Gasteiger partial charge in [0, 0.05) is 6.54 Å². The molecule has 5 heteroatoms. The van der Waals surface area contributed by atoms with Gasteiger partial charge in [-0.05, 0) is 24.7 Å². The summed E-state index contributed by atoms with van der Waals surface area (Å²) >= 11 is 0. The lowest BCUT2D eigenvalue weighted by Crippen LogP contribution is -2.46. The number of hydrogen-bond acceptors (Lipinski definition) is 2. The second-order valence-corrected chi connectivity index (χ2v) is 5.86. The predicted molar refractivity (Wildman–Crippen MR) is 74.0 cm³/mol. The van der Waals surface area contributed by atoms with E-state index in [4.69, 9.17) is 5.11 Å². The number of carbonyl (C=O) groups is 2. The van der Waals surface area contributed by atoms with E-state index in [2.05, 4.69) is 10.6 Å². The summed E-state index contributed by atoms with van der Waals surface area (Å²) < 4.78 is 0. The number of carbonyl (C=O) groups excluding carboxylic acids is 1. The van der Waals surface area contributed by atoms with E-state index in [0.717, 1.165) is 12.3 Å². The minimum atomic E-state index is -0.973. The molecule has 5 nitrogen and oxygen atoms in total. The first-order chi connectivity index (χ1) is 8.99. The molecule has 1 fully saturated rings. The lowest BCUT2D eigenvalue weighted by molar-refractivity contribution is -0.139. The molecule has 110 valence electrons. The quantitative estimate of drug-likeness (QED) is 0.664. The Bertz CT molecular complexity index is 299. The summed E-state index contributed by atoms with van der Waals surface area (Å²) in [7, 11) is 0. The van der Waals surface area contributed by atoms with Crippen molar-refractivity contribution in [2.24, 2.45) is 11.8 Å². The number of nitrogens with one attached hydrogen (secondary N) is 2. The average Bonchev–Trinajstić information content (AvgIpc) is 2.80. The summed E-state index contributed by atoms with van der Waals surface area (Å²) in [5, 5.41) is 14.3. The van der Waals surface area contributed by atoms with E-state index in [-0.39, 0.29) is 11.9 Å². The monoisotopic (exact) mass is 270 g/mol. The van der Waals surface area contributed by atoms with Crippen LogP contribution in [0.1, 0.15) is 52.4 Å². The number of rotatable bonds is 7. The SMILES string of the molecule is CC(C)C[C@@H](NC(=O)NCCC1CCCC1)C(=O)O. The van der Waals surface area contributed by atoms with E-state index < -0.39 is 12.0 Å². The van der Waals surface area contributed by atoms with Crippen molar-refractivity contribution in [3.05, 3.63) is 0 Å². The molecule has 1 aliphatic carbocycles. The Hall–Kier alpha value is -1.26. The summed E-state index contributed by atoms with van der Waals surface area (Å²) in [6.07, 6.45) is 6.56. The van der Waals surface area contributed by atoms with Gasteiger partial charge in [0.2, 0.25) is 0 Å². The van der Waals surface area contributed by atoms with Gasteiger partial charge < -0.3 is 15.7 Å². The molecule has 0 heterocycles. The van der Waals surface area contributed by atoms with Crippen LogP contribution in [-0.2, 0) is 4.79 Å². The second-order valence-electron chi connectivity index (χ2n) is 5.86. The highest BCUT2D eigenvalue weighted by Gasteiger charge is 2.21. The molecule has 3 N–H and O–H groups in total. The first-order valence-electron chi connectivity index (χ1n) is 7.26. The Morgan fingerprint density at radius 2 is 1.89 bits per heavy atom. The Kier molecular flexibility index (Phi) is 6.67. The maximum absolute atomic E-state index is 11.6. The minimum Gasteiger partial charge on any atom is -0.480 e. The van der Waals surface area contributed by atoms with Gasteiger partial charge in [-0.25, -0.2) is 9.59 Å². The number of hydrogen-bond donors (Lipinski definition) is 3. The van der Waals surface area contributed by atoms with Gasteiger partial charge in [0.25, 0.3) is 0 Å². The van der Waals surface area contributed by atoms with Crippen LogP contribution in [0.2, 0.25) is 0 Å². The van der Waals surface area contributed by atoms with Gasteiger partial charge in [-0.2, -0.15) is 0 Å². The van der Waals surface area contributed by atoms with Crippen molar-refractivity contribution in [3.63, 3.8) is 0 Å². The summed E-state index contributed by atoms with van der Waals surface area (Å²) in [6, 6.07) is -1.17. The van der Waals surface area contributed by atoms with Crippen molar-refractivity contribution >= 4 is 12.0 Å². The topological polar surface area (TPSA) is 78.4 Å². The van der Waals surface area contributed by atoms with Gasteiger partial charge in [-0.1, -0.05) is 39.5 Å². The Morgan fingerprint density at radius 3 is 2.42 bits per heavy atom. The van der Waals surface area contributed by atoms with E-state index in [0.29, 0.717) is 13.0 Å². The van der Waals surface area contributed by atoms with Crippen LogP contribution in [0, 0.1) is 11.8 Å². The molecule has 1 rings (SSSR count). The van der Waals surface area contributed by atoms with Crippen LogP contribution >= 0.6 is 0 Å². The van der Waals surface area contributed by atoms with Crippen LogP contribution in [0.3, 0.4) is 0 Å². The highest BCUT2D eigenvalue weighted by Crippen LogP contribution is 2.26. The van der Waals surface area contributed by atoms with Crippen molar-refractivity contribution < 1.29 is 14.7 Å². The van der Waals surface area contributed by atoms with Gasteiger partial charge in [0.1, 0.15) is 6.04 Å². The molecule has 19 heavy (non-hydrogen) atoms. The van der Waals surface area contributed by atoms with Gasteiger partial charge in [0.05, 0.1) is 0 Å². The summed E-state index contributed by atoms with van der Waals surface area (Å²) in [6.45, 7) is 4.51. The van der Waals surface area contributed by atoms with Crippen molar-refractivity contribution in [1.82, 2.24) is 10.6 Å². The summed E-state index contributed by atoms with van der Waals surface area (Å²) in [5.41, 5.74) is 0. The van der Waals surface area contributed by atoms with Crippen LogP contribution in [0.4, 0.5) is 4.79 Å². The fraction of sp³-hybridized carbons (Fsp3) is 0.857. The normalized spacial score (nSPS) is 17.4. The maximum Gasteiger partial charge on any atom is 0.326 e. The largest absolute Gasteiger partial charge is 0.480 e. The summed E-state index contributed by atoms with van der Waals surface area (Å²) in [4.78, 5) is 22.6. The molecule has 0 unspecified atom stereocenters. The van der Waals surface area contributed by atoms with Crippen LogP contribution < -0.4 is 10.6 Å². The van der Waals surface area contributed by atoms with Gasteiger partial charge in [-0.15, -0.1) is 0 Å². The van der Waals surface area contributed by atoms with Crippen molar-refractivity contribution in [3.8, 4) is 0 Å². The zero-order valence-corrected chi connectivity index (χ0v) is 11.9. The highest BCUT2D eigenvalue weighted by atomic mass is 16.4. The molecule has 0 aromatic rings. The van der Waals surface area contributed by atoms with Gasteiger partial charge in [-0.3, -0.25) is 0 Å².